The van der Waals surface area contributed by atoms with Crippen molar-refractivity contribution >= 4 is 11.9 Å². The van der Waals surface area contributed by atoms with E-state index in [4.69, 9.17) is 4.74 Å². The van der Waals surface area contributed by atoms with Crippen molar-refractivity contribution in [3.8, 4) is 0 Å². The molecular formula is C86H165NO5. The SMILES string of the molecule is CCCCCC/C=C\CCCCCCCC(=O)OCCCCCCCCCCCCCCCCCCCC/C=C\CCCCCCCCCCCCCCCCCCCC(=O)NC(CO)C(O)/C=C/CCCCCCCCCCCCCCCCCCCCCCC. The van der Waals surface area contributed by atoms with Crippen LogP contribution in [0, 0.1) is 0 Å². The van der Waals surface area contributed by atoms with E-state index in [1.165, 1.54) is 405 Å². The van der Waals surface area contributed by atoms with Crippen LogP contribution in [0.25, 0.3) is 0 Å². The first-order chi connectivity index (χ1) is 45.5. The zero-order valence-electron chi connectivity index (χ0n) is 62.6. The molecule has 3 N–H and O–H groups in total. The number of aliphatic hydroxyl groups excluding tert-OH is 2. The average Bonchev–Trinajstić information content (AvgIpc) is 3.48. The van der Waals surface area contributed by atoms with E-state index in [2.05, 4.69) is 43.5 Å². The van der Waals surface area contributed by atoms with Crippen molar-refractivity contribution in [2.45, 2.75) is 488 Å². The zero-order valence-corrected chi connectivity index (χ0v) is 62.6. The Hall–Kier alpha value is -1.92. The molecule has 0 aromatic carbocycles. The minimum atomic E-state index is -0.843. The maximum atomic E-state index is 12.6. The van der Waals surface area contributed by atoms with Gasteiger partial charge in [-0.3, -0.25) is 9.59 Å². The zero-order chi connectivity index (χ0) is 66.3. The fraction of sp³-hybridized carbons (Fsp3) is 0.907. The summed E-state index contributed by atoms with van der Waals surface area (Å²) in [7, 11) is 0. The van der Waals surface area contributed by atoms with Crippen LogP contribution in [-0.4, -0.2) is 47.4 Å². The summed E-state index contributed by atoms with van der Waals surface area (Å²) in [5.41, 5.74) is 0. The third-order valence-corrected chi connectivity index (χ3v) is 19.9. The van der Waals surface area contributed by atoms with Crippen molar-refractivity contribution in [2.24, 2.45) is 0 Å². The van der Waals surface area contributed by atoms with Crippen molar-refractivity contribution in [3.63, 3.8) is 0 Å². The fourth-order valence-electron chi connectivity index (χ4n) is 13.5. The van der Waals surface area contributed by atoms with Crippen molar-refractivity contribution in [1.82, 2.24) is 5.32 Å². The highest BCUT2D eigenvalue weighted by atomic mass is 16.5. The topological polar surface area (TPSA) is 95.9 Å². The third-order valence-electron chi connectivity index (χ3n) is 19.9. The van der Waals surface area contributed by atoms with Gasteiger partial charge in [0.1, 0.15) is 0 Å². The predicted octanol–water partition coefficient (Wildman–Crippen LogP) is 28.2. The number of allylic oxidation sites excluding steroid dienone is 5. The Morgan fingerprint density at radius 3 is 0.783 bits per heavy atom. The average molecular weight is 1290 g/mol. The Morgan fingerprint density at radius 2 is 0.511 bits per heavy atom. The Labute approximate surface area is 576 Å². The molecule has 0 aliphatic carbocycles. The molecule has 0 fully saturated rings. The fourth-order valence-corrected chi connectivity index (χ4v) is 13.5. The van der Waals surface area contributed by atoms with Gasteiger partial charge in [-0.05, 0) is 83.5 Å². The Morgan fingerprint density at radius 1 is 0.293 bits per heavy atom. The minimum absolute atomic E-state index is 0.0137. The van der Waals surface area contributed by atoms with E-state index in [1.54, 1.807) is 6.08 Å². The number of carbonyl (C=O) groups excluding carboxylic acids is 2. The highest BCUT2D eigenvalue weighted by Crippen LogP contribution is 2.20. The monoisotopic (exact) mass is 1290 g/mol. The molecule has 2 unspecified atom stereocenters. The lowest BCUT2D eigenvalue weighted by molar-refractivity contribution is -0.143. The van der Waals surface area contributed by atoms with Crippen LogP contribution in [0.2, 0.25) is 0 Å². The van der Waals surface area contributed by atoms with Crippen LogP contribution in [0.5, 0.6) is 0 Å². The molecular weight excluding hydrogens is 1130 g/mol. The smallest absolute Gasteiger partial charge is 0.305 e. The number of esters is 1. The molecule has 0 aromatic heterocycles. The van der Waals surface area contributed by atoms with Crippen LogP contribution >= 0.6 is 0 Å². The summed E-state index contributed by atoms with van der Waals surface area (Å²) in [6, 6.07) is -0.626. The van der Waals surface area contributed by atoms with Crippen LogP contribution in [0.3, 0.4) is 0 Å². The quantitative estimate of drug-likeness (QED) is 0.0320. The van der Waals surface area contributed by atoms with Crippen LogP contribution < -0.4 is 5.32 Å². The third kappa shape index (κ3) is 77.1. The normalized spacial score (nSPS) is 12.6. The van der Waals surface area contributed by atoms with Crippen LogP contribution in [0.4, 0.5) is 0 Å². The lowest BCUT2D eigenvalue weighted by Crippen LogP contribution is -2.45. The van der Waals surface area contributed by atoms with Crippen LogP contribution in [-0.2, 0) is 14.3 Å². The molecule has 6 nitrogen and oxygen atoms in total. The lowest BCUT2D eigenvalue weighted by Gasteiger charge is -2.20. The van der Waals surface area contributed by atoms with Crippen LogP contribution in [0.15, 0.2) is 36.5 Å². The number of amides is 1. The highest BCUT2D eigenvalue weighted by molar-refractivity contribution is 5.76. The van der Waals surface area contributed by atoms with E-state index >= 15 is 0 Å². The lowest BCUT2D eigenvalue weighted by atomic mass is 10.0. The van der Waals surface area contributed by atoms with Gasteiger partial charge in [0.05, 0.1) is 25.4 Å². The standard InChI is InChI=1S/C86H165NO5/c1-3-5-7-9-11-13-15-17-18-19-20-21-39-42-45-48-51-55-58-62-66-70-74-78-84(89)83(82-88)87-85(90)79-75-71-67-63-59-56-52-49-46-43-40-37-35-33-31-29-27-25-23-22-24-26-28-30-32-34-36-38-41-44-47-50-53-57-61-65-69-73-77-81-92-86(91)80-76-72-68-64-60-54-16-14-12-10-8-6-4-2/h14,16,22-23,74,78,83-84,88-89H,3-13,15,17-21,24-73,75-77,79-82H2,1-2H3,(H,87,90)/b16-14-,23-22-,78-74+. The highest BCUT2D eigenvalue weighted by Gasteiger charge is 2.18. The van der Waals surface area contributed by atoms with E-state index in [0.717, 1.165) is 44.9 Å². The second kappa shape index (κ2) is 81.5. The molecule has 2 atom stereocenters. The molecule has 0 bridgehead atoms. The van der Waals surface area contributed by atoms with E-state index in [1.807, 2.05) is 6.08 Å². The first-order valence-corrected chi connectivity index (χ1v) is 42.3. The summed E-state index contributed by atoms with van der Waals surface area (Å²) in [5, 5.41) is 23.3. The molecule has 0 rings (SSSR count). The molecule has 0 saturated heterocycles. The summed E-state index contributed by atoms with van der Waals surface area (Å²) in [6.07, 6.45) is 107. The number of carbonyl (C=O) groups is 2. The molecule has 544 valence electrons. The summed E-state index contributed by atoms with van der Waals surface area (Å²) < 4.78 is 5.49. The predicted molar refractivity (Wildman–Crippen MR) is 407 cm³/mol. The summed E-state index contributed by atoms with van der Waals surface area (Å²) in [5.74, 6) is -0.0447. The number of hydrogen-bond donors (Lipinski definition) is 3. The first kappa shape index (κ1) is 90.1. The van der Waals surface area contributed by atoms with Gasteiger partial charge in [0, 0.05) is 12.8 Å². The molecule has 0 aliphatic rings. The van der Waals surface area contributed by atoms with Crippen molar-refractivity contribution in [1.29, 1.82) is 0 Å². The molecule has 6 heteroatoms. The maximum absolute atomic E-state index is 12.6. The molecule has 0 radical (unpaired) electrons. The molecule has 0 aromatic rings. The van der Waals surface area contributed by atoms with Crippen LogP contribution in [0.1, 0.15) is 476 Å². The number of hydrogen-bond acceptors (Lipinski definition) is 5. The largest absolute Gasteiger partial charge is 0.466 e. The van der Waals surface area contributed by atoms with E-state index in [9.17, 15) is 19.8 Å². The van der Waals surface area contributed by atoms with Crippen molar-refractivity contribution < 1.29 is 24.5 Å². The van der Waals surface area contributed by atoms with E-state index in [0.29, 0.717) is 19.4 Å². The maximum Gasteiger partial charge on any atom is 0.305 e. The summed E-state index contributed by atoms with van der Waals surface area (Å²) in [6.45, 7) is 4.94. The number of rotatable bonds is 80. The molecule has 92 heavy (non-hydrogen) atoms. The van der Waals surface area contributed by atoms with Gasteiger partial charge < -0.3 is 20.3 Å². The van der Waals surface area contributed by atoms with E-state index < -0.39 is 12.1 Å². The Bertz CT molecular complexity index is 1490. The Kier molecular flexibility index (Phi) is 79.8. The van der Waals surface area contributed by atoms with Gasteiger partial charge in [-0.15, -0.1) is 0 Å². The second-order valence-electron chi connectivity index (χ2n) is 29.2. The van der Waals surface area contributed by atoms with E-state index in [-0.39, 0.29) is 18.5 Å². The molecule has 0 aliphatic heterocycles. The van der Waals surface area contributed by atoms with Gasteiger partial charge in [0.25, 0.3) is 0 Å². The summed E-state index contributed by atoms with van der Waals surface area (Å²) in [4.78, 5) is 24.6. The van der Waals surface area contributed by atoms with Gasteiger partial charge in [-0.1, -0.05) is 416 Å². The second-order valence-corrected chi connectivity index (χ2v) is 29.2. The minimum Gasteiger partial charge on any atom is -0.466 e. The first-order valence-electron chi connectivity index (χ1n) is 42.3. The van der Waals surface area contributed by atoms with Gasteiger partial charge in [0.15, 0.2) is 0 Å². The van der Waals surface area contributed by atoms with Gasteiger partial charge in [-0.2, -0.15) is 0 Å². The number of nitrogens with one attached hydrogen (secondary N) is 1. The Balaban J connectivity index is 3.35. The number of aliphatic hydroxyl groups is 2. The van der Waals surface area contributed by atoms with Gasteiger partial charge >= 0.3 is 5.97 Å². The molecule has 1 amide bonds. The van der Waals surface area contributed by atoms with Gasteiger partial charge in [0.2, 0.25) is 5.91 Å². The molecule has 0 saturated carbocycles. The molecule has 0 spiro atoms. The van der Waals surface area contributed by atoms with Crippen molar-refractivity contribution in [2.75, 3.05) is 13.2 Å². The van der Waals surface area contributed by atoms with Gasteiger partial charge in [-0.25, -0.2) is 0 Å². The number of unbranched alkanes of at least 4 members (excludes halogenated alkanes) is 65. The summed E-state index contributed by atoms with van der Waals surface area (Å²) >= 11 is 0. The van der Waals surface area contributed by atoms with Crippen molar-refractivity contribution in [3.05, 3.63) is 36.5 Å². The number of ether oxygens (including phenoxy) is 1. The molecule has 0 heterocycles.